The maximum Gasteiger partial charge on any atom is 0.257 e. The highest BCUT2D eigenvalue weighted by atomic mass is 79.9. The number of aryl methyl sites for hydroxylation is 1. The Kier molecular flexibility index (Phi) is 4.09. The normalized spacial score (nSPS) is 10.4. The Bertz CT molecular complexity index is 610. The van der Waals surface area contributed by atoms with Crippen molar-refractivity contribution in [2.24, 2.45) is 0 Å². The second-order valence-electron chi connectivity index (χ2n) is 3.78. The molecule has 3 nitrogen and oxygen atoms in total. The maximum absolute atomic E-state index is 12.1. The minimum Gasteiger partial charge on any atom is -0.397 e. The van der Waals surface area contributed by atoms with Crippen LogP contribution in [0, 0.1) is 6.92 Å². The molecule has 2 rings (SSSR count). The molecular weight excluding hydrogens is 380 g/mol. The number of nitrogens with one attached hydrogen (secondary N) is 1. The predicted molar refractivity (Wildman–Crippen MR) is 83.3 cm³/mol. The van der Waals surface area contributed by atoms with Crippen molar-refractivity contribution in [3.05, 3.63) is 43.0 Å². The number of hydrogen-bond acceptors (Lipinski definition) is 3. The lowest BCUT2D eigenvalue weighted by molar-refractivity contribution is 0.102. The van der Waals surface area contributed by atoms with Crippen molar-refractivity contribution >= 4 is 60.5 Å². The molecule has 0 atom stereocenters. The van der Waals surface area contributed by atoms with Gasteiger partial charge in [-0.2, -0.15) is 0 Å². The van der Waals surface area contributed by atoms with Crippen LogP contribution in [0.2, 0.25) is 0 Å². The number of rotatable bonds is 2. The van der Waals surface area contributed by atoms with Crippen molar-refractivity contribution in [2.45, 2.75) is 6.92 Å². The Morgan fingerprint density at radius 2 is 2.06 bits per heavy atom. The van der Waals surface area contributed by atoms with Crippen molar-refractivity contribution in [3.63, 3.8) is 0 Å². The van der Waals surface area contributed by atoms with E-state index in [1.165, 1.54) is 11.3 Å². The second-order valence-corrected chi connectivity index (χ2v) is 7.53. The van der Waals surface area contributed by atoms with Crippen molar-refractivity contribution in [2.75, 3.05) is 11.1 Å². The maximum atomic E-state index is 12.1. The van der Waals surface area contributed by atoms with Crippen LogP contribution < -0.4 is 11.1 Å². The molecule has 0 bridgehead atoms. The lowest BCUT2D eigenvalue weighted by Gasteiger charge is -2.08. The third-order valence-corrected chi connectivity index (χ3v) is 4.70. The molecule has 0 saturated heterocycles. The first-order valence-corrected chi connectivity index (χ1v) is 7.50. The molecule has 18 heavy (non-hydrogen) atoms. The molecule has 3 N–H and O–H groups in total. The van der Waals surface area contributed by atoms with Crippen LogP contribution in [0.5, 0.6) is 0 Å². The summed E-state index contributed by atoms with van der Waals surface area (Å²) in [5.41, 5.74) is 8.70. The Morgan fingerprint density at radius 1 is 1.33 bits per heavy atom. The van der Waals surface area contributed by atoms with Gasteiger partial charge in [0.05, 0.1) is 24.5 Å². The van der Waals surface area contributed by atoms with E-state index in [-0.39, 0.29) is 5.91 Å². The van der Waals surface area contributed by atoms with E-state index >= 15 is 0 Å². The smallest absolute Gasteiger partial charge is 0.257 e. The highest BCUT2D eigenvalue weighted by molar-refractivity contribution is 9.12. The minimum absolute atomic E-state index is 0.181. The van der Waals surface area contributed by atoms with Gasteiger partial charge in [-0.25, -0.2) is 0 Å². The van der Waals surface area contributed by atoms with E-state index in [2.05, 4.69) is 37.2 Å². The quantitative estimate of drug-likeness (QED) is 0.747. The number of nitrogen functional groups attached to an aromatic ring is 1. The van der Waals surface area contributed by atoms with Gasteiger partial charge >= 0.3 is 0 Å². The van der Waals surface area contributed by atoms with Gasteiger partial charge in [0.1, 0.15) is 0 Å². The lowest BCUT2D eigenvalue weighted by Crippen LogP contribution is -2.12. The van der Waals surface area contributed by atoms with E-state index in [4.69, 9.17) is 5.73 Å². The molecule has 94 valence electrons. The molecule has 1 heterocycles. The Hall–Kier alpha value is -0.850. The molecule has 0 saturated carbocycles. The summed E-state index contributed by atoms with van der Waals surface area (Å²) < 4.78 is 1.69. The summed E-state index contributed by atoms with van der Waals surface area (Å²) in [5, 5.41) is 2.80. The van der Waals surface area contributed by atoms with E-state index in [1.807, 2.05) is 19.1 Å². The lowest BCUT2D eigenvalue weighted by atomic mass is 10.2. The Balaban J connectivity index is 2.24. The van der Waals surface area contributed by atoms with Crippen LogP contribution in [-0.4, -0.2) is 5.91 Å². The van der Waals surface area contributed by atoms with E-state index in [1.54, 1.807) is 12.1 Å². The van der Waals surface area contributed by atoms with E-state index in [0.717, 1.165) is 13.1 Å². The molecule has 0 radical (unpaired) electrons. The summed E-state index contributed by atoms with van der Waals surface area (Å²) in [6.45, 7) is 1.95. The van der Waals surface area contributed by atoms with Crippen molar-refractivity contribution in [3.8, 4) is 0 Å². The number of halogens is 2. The van der Waals surface area contributed by atoms with E-state index in [0.29, 0.717) is 16.9 Å². The van der Waals surface area contributed by atoms with Gasteiger partial charge in [0.2, 0.25) is 0 Å². The van der Waals surface area contributed by atoms with Gasteiger partial charge in [-0.15, -0.1) is 11.3 Å². The van der Waals surface area contributed by atoms with Gasteiger partial charge in [0.25, 0.3) is 5.91 Å². The molecule has 0 unspecified atom stereocenters. The summed E-state index contributed by atoms with van der Waals surface area (Å²) in [7, 11) is 0. The van der Waals surface area contributed by atoms with Crippen LogP contribution in [0.25, 0.3) is 0 Å². The van der Waals surface area contributed by atoms with Gasteiger partial charge in [-0.3, -0.25) is 4.79 Å². The zero-order valence-corrected chi connectivity index (χ0v) is 13.4. The van der Waals surface area contributed by atoms with Crippen LogP contribution in [0.1, 0.15) is 15.9 Å². The fourth-order valence-corrected chi connectivity index (χ4v) is 4.27. The molecule has 6 heteroatoms. The highest BCUT2D eigenvalue weighted by Gasteiger charge is 2.14. The zero-order valence-electron chi connectivity index (χ0n) is 9.46. The fraction of sp³-hybridized carbons (Fsp3) is 0.0833. The van der Waals surface area contributed by atoms with Gasteiger partial charge < -0.3 is 11.1 Å². The molecule has 1 aromatic carbocycles. The SMILES string of the molecule is Cc1ccc(NC(=O)c2cc(Br)sc2Br)c(N)c1. The molecule has 0 aliphatic carbocycles. The van der Waals surface area contributed by atoms with Crippen molar-refractivity contribution in [1.82, 2.24) is 0 Å². The standard InChI is InChI=1S/C12H10Br2N2OS/c1-6-2-3-9(8(15)4-6)16-12(17)7-5-10(13)18-11(7)14/h2-5H,15H2,1H3,(H,16,17). The number of amides is 1. The van der Waals surface area contributed by atoms with Crippen LogP contribution in [-0.2, 0) is 0 Å². The summed E-state index contributed by atoms with van der Waals surface area (Å²) in [4.78, 5) is 12.1. The average molecular weight is 390 g/mol. The van der Waals surface area contributed by atoms with Crippen LogP contribution in [0.3, 0.4) is 0 Å². The monoisotopic (exact) mass is 388 g/mol. The summed E-state index contributed by atoms with van der Waals surface area (Å²) in [5.74, 6) is -0.181. The van der Waals surface area contributed by atoms with Gasteiger partial charge in [-0.05, 0) is 62.5 Å². The molecule has 0 fully saturated rings. The van der Waals surface area contributed by atoms with Crippen molar-refractivity contribution < 1.29 is 4.79 Å². The Labute approximate surface area is 126 Å². The third kappa shape index (κ3) is 2.93. The van der Waals surface area contributed by atoms with Crippen molar-refractivity contribution in [1.29, 1.82) is 0 Å². The second kappa shape index (κ2) is 5.42. The van der Waals surface area contributed by atoms with E-state index < -0.39 is 0 Å². The topological polar surface area (TPSA) is 55.1 Å². The number of thiophene rings is 1. The molecule has 0 spiro atoms. The third-order valence-electron chi connectivity index (χ3n) is 2.36. The number of hydrogen-bond donors (Lipinski definition) is 2. The molecule has 0 aliphatic heterocycles. The average Bonchev–Trinajstić information content (AvgIpc) is 2.62. The van der Waals surface area contributed by atoms with E-state index in [9.17, 15) is 4.79 Å². The predicted octanol–water partition coefficient (Wildman–Crippen LogP) is 4.42. The first-order chi connectivity index (χ1) is 8.47. The number of nitrogens with two attached hydrogens (primary N) is 1. The fourth-order valence-electron chi connectivity index (χ4n) is 1.48. The van der Waals surface area contributed by atoms with Crippen LogP contribution >= 0.6 is 43.2 Å². The summed E-state index contributed by atoms with van der Waals surface area (Å²) in [6.07, 6.45) is 0. The molecule has 0 aliphatic rings. The number of carbonyl (C=O) groups is 1. The molecule has 1 aromatic heterocycles. The number of benzene rings is 1. The Morgan fingerprint density at radius 3 is 2.61 bits per heavy atom. The van der Waals surface area contributed by atoms with Gasteiger partial charge in [0, 0.05) is 0 Å². The first kappa shape index (κ1) is 13.6. The molecule has 1 amide bonds. The minimum atomic E-state index is -0.181. The van der Waals surface area contributed by atoms with Gasteiger partial charge in [0.15, 0.2) is 0 Å². The largest absolute Gasteiger partial charge is 0.397 e. The van der Waals surface area contributed by atoms with Crippen LogP contribution in [0.15, 0.2) is 31.8 Å². The summed E-state index contributed by atoms with van der Waals surface area (Å²) in [6, 6.07) is 7.31. The summed E-state index contributed by atoms with van der Waals surface area (Å²) >= 11 is 8.16. The number of anilines is 2. The highest BCUT2D eigenvalue weighted by Crippen LogP contribution is 2.32. The molecule has 2 aromatic rings. The zero-order chi connectivity index (χ0) is 13.3. The van der Waals surface area contributed by atoms with Crippen LogP contribution in [0.4, 0.5) is 11.4 Å². The molecular formula is C12H10Br2N2OS. The number of carbonyl (C=O) groups excluding carboxylic acids is 1. The van der Waals surface area contributed by atoms with Gasteiger partial charge in [-0.1, -0.05) is 6.07 Å². The first-order valence-electron chi connectivity index (χ1n) is 5.09.